The summed E-state index contributed by atoms with van der Waals surface area (Å²) < 4.78 is 0. The van der Waals surface area contributed by atoms with E-state index in [-0.39, 0.29) is 17.5 Å². The second kappa shape index (κ2) is 8.30. The van der Waals surface area contributed by atoms with Gasteiger partial charge in [0.2, 0.25) is 5.91 Å². The zero-order valence-electron chi connectivity index (χ0n) is 15.9. The van der Waals surface area contributed by atoms with Crippen LogP contribution >= 0.6 is 0 Å². The minimum atomic E-state index is -0.384. The molecule has 0 aliphatic heterocycles. The SMILES string of the molecule is CC(=O)Nc1cccc(NC(=O)c2ccc(Nc3cccc(C)c3C)nn2)c1. The first-order valence-electron chi connectivity index (χ1n) is 8.78. The molecule has 28 heavy (non-hydrogen) atoms. The van der Waals surface area contributed by atoms with Crippen molar-refractivity contribution in [2.75, 3.05) is 16.0 Å². The van der Waals surface area contributed by atoms with Gasteiger partial charge in [0.25, 0.3) is 5.91 Å². The van der Waals surface area contributed by atoms with Gasteiger partial charge in [-0.2, -0.15) is 0 Å². The maximum Gasteiger partial charge on any atom is 0.276 e. The van der Waals surface area contributed by atoms with Gasteiger partial charge in [-0.05, 0) is 61.4 Å². The van der Waals surface area contributed by atoms with Gasteiger partial charge in [0.15, 0.2) is 11.5 Å². The van der Waals surface area contributed by atoms with Crippen LogP contribution in [0.2, 0.25) is 0 Å². The lowest BCUT2D eigenvalue weighted by Gasteiger charge is -2.11. The lowest BCUT2D eigenvalue weighted by molar-refractivity contribution is -0.114. The maximum absolute atomic E-state index is 12.4. The Bertz CT molecular complexity index is 1020. The van der Waals surface area contributed by atoms with Crippen LogP contribution in [0.3, 0.4) is 0 Å². The van der Waals surface area contributed by atoms with Crippen molar-refractivity contribution in [3.8, 4) is 0 Å². The highest BCUT2D eigenvalue weighted by Gasteiger charge is 2.10. The first-order valence-corrected chi connectivity index (χ1v) is 8.78. The second-order valence-electron chi connectivity index (χ2n) is 6.39. The van der Waals surface area contributed by atoms with Crippen molar-refractivity contribution < 1.29 is 9.59 Å². The van der Waals surface area contributed by atoms with Gasteiger partial charge in [0.05, 0.1) is 0 Å². The highest BCUT2D eigenvalue weighted by atomic mass is 16.2. The van der Waals surface area contributed by atoms with Crippen LogP contribution in [0.25, 0.3) is 0 Å². The first-order chi connectivity index (χ1) is 13.4. The number of anilines is 4. The molecule has 0 aliphatic rings. The van der Waals surface area contributed by atoms with Crippen molar-refractivity contribution in [1.82, 2.24) is 10.2 Å². The van der Waals surface area contributed by atoms with Crippen LogP contribution in [0.1, 0.15) is 28.5 Å². The Morgan fingerprint density at radius 1 is 0.857 bits per heavy atom. The average molecular weight is 375 g/mol. The molecular weight excluding hydrogens is 354 g/mol. The molecule has 1 aromatic heterocycles. The molecule has 0 saturated heterocycles. The number of nitrogens with one attached hydrogen (secondary N) is 3. The van der Waals surface area contributed by atoms with Gasteiger partial charge >= 0.3 is 0 Å². The number of aromatic nitrogens is 2. The van der Waals surface area contributed by atoms with Crippen molar-refractivity contribution in [1.29, 1.82) is 0 Å². The van der Waals surface area contributed by atoms with E-state index in [1.807, 2.05) is 32.0 Å². The van der Waals surface area contributed by atoms with Crippen LogP contribution < -0.4 is 16.0 Å². The highest BCUT2D eigenvalue weighted by molar-refractivity contribution is 6.03. The Morgan fingerprint density at radius 2 is 1.57 bits per heavy atom. The number of benzene rings is 2. The molecule has 1 heterocycles. The number of carbonyl (C=O) groups is 2. The monoisotopic (exact) mass is 375 g/mol. The predicted molar refractivity (Wildman–Crippen MR) is 110 cm³/mol. The van der Waals surface area contributed by atoms with Crippen molar-refractivity contribution >= 4 is 34.7 Å². The Hall–Kier alpha value is -3.74. The standard InChI is InChI=1S/C21H21N5O2/c1-13-6-4-9-18(14(13)2)24-20-11-10-19(25-26-20)21(28)23-17-8-5-7-16(12-17)22-15(3)27/h4-12H,1-3H3,(H,22,27)(H,23,28)(H,24,26). The van der Waals surface area contributed by atoms with E-state index in [4.69, 9.17) is 0 Å². The van der Waals surface area contributed by atoms with Gasteiger partial charge < -0.3 is 16.0 Å². The second-order valence-corrected chi connectivity index (χ2v) is 6.39. The molecular formula is C21H21N5O2. The molecule has 2 aromatic carbocycles. The lowest BCUT2D eigenvalue weighted by Crippen LogP contribution is -2.15. The molecule has 7 heteroatoms. The number of amides is 2. The van der Waals surface area contributed by atoms with E-state index in [1.165, 1.54) is 12.5 Å². The highest BCUT2D eigenvalue weighted by Crippen LogP contribution is 2.21. The minimum absolute atomic E-state index is 0.179. The number of aryl methyl sites for hydroxylation is 1. The molecule has 0 aliphatic carbocycles. The Balaban J connectivity index is 1.68. The van der Waals surface area contributed by atoms with Crippen LogP contribution in [0.4, 0.5) is 22.9 Å². The summed E-state index contributed by atoms with van der Waals surface area (Å²) in [7, 11) is 0. The van der Waals surface area contributed by atoms with Gasteiger partial charge in [-0.3, -0.25) is 9.59 Å². The van der Waals surface area contributed by atoms with Gasteiger partial charge in [-0.25, -0.2) is 0 Å². The lowest BCUT2D eigenvalue weighted by atomic mass is 10.1. The molecule has 0 unspecified atom stereocenters. The fraction of sp³-hybridized carbons (Fsp3) is 0.143. The van der Waals surface area contributed by atoms with Crippen LogP contribution in [0, 0.1) is 13.8 Å². The molecule has 0 spiro atoms. The molecule has 3 N–H and O–H groups in total. The van der Waals surface area contributed by atoms with Crippen LogP contribution in [-0.2, 0) is 4.79 Å². The molecule has 0 fully saturated rings. The largest absolute Gasteiger partial charge is 0.339 e. The van der Waals surface area contributed by atoms with Crippen molar-refractivity contribution in [3.63, 3.8) is 0 Å². The van der Waals surface area contributed by atoms with E-state index in [0.29, 0.717) is 17.2 Å². The van der Waals surface area contributed by atoms with Gasteiger partial charge in [0, 0.05) is 24.0 Å². The number of nitrogens with zero attached hydrogens (tertiary/aromatic N) is 2. The summed E-state index contributed by atoms with van der Waals surface area (Å²) in [5.41, 5.74) is 4.60. The number of hydrogen-bond donors (Lipinski definition) is 3. The summed E-state index contributed by atoms with van der Waals surface area (Å²) in [6.07, 6.45) is 0. The fourth-order valence-corrected chi connectivity index (χ4v) is 2.62. The summed E-state index contributed by atoms with van der Waals surface area (Å²) in [6.45, 7) is 5.50. The molecule has 0 bridgehead atoms. The van der Waals surface area contributed by atoms with Crippen LogP contribution in [0.5, 0.6) is 0 Å². The molecule has 142 valence electrons. The minimum Gasteiger partial charge on any atom is -0.339 e. The van der Waals surface area contributed by atoms with E-state index in [1.54, 1.807) is 36.4 Å². The van der Waals surface area contributed by atoms with Crippen molar-refractivity contribution in [2.24, 2.45) is 0 Å². The maximum atomic E-state index is 12.4. The Labute approximate surface area is 163 Å². The molecule has 0 saturated carbocycles. The molecule has 2 amide bonds. The zero-order chi connectivity index (χ0) is 20.1. The van der Waals surface area contributed by atoms with Crippen LogP contribution in [0.15, 0.2) is 54.6 Å². The normalized spacial score (nSPS) is 10.2. The van der Waals surface area contributed by atoms with E-state index in [2.05, 4.69) is 26.1 Å². The van der Waals surface area contributed by atoms with Gasteiger partial charge in [0.1, 0.15) is 0 Å². The third-order valence-electron chi connectivity index (χ3n) is 4.21. The third kappa shape index (κ3) is 4.70. The number of carbonyl (C=O) groups excluding carboxylic acids is 2. The molecule has 3 rings (SSSR count). The van der Waals surface area contributed by atoms with Gasteiger partial charge in [-0.15, -0.1) is 10.2 Å². The molecule has 0 atom stereocenters. The summed E-state index contributed by atoms with van der Waals surface area (Å²) >= 11 is 0. The molecule has 7 nitrogen and oxygen atoms in total. The first kappa shape index (κ1) is 19.0. The van der Waals surface area contributed by atoms with E-state index < -0.39 is 0 Å². The summed E-state index contributed by atoms with van der Waals surface area (Å²) in [5, 5.41) is 16.7. The quantitative estimate of drug-likeness (QED) is 0.625. The predicted octanol–water partition coefficient (Wildman–Crippen LogP) is 4.05. The van der Waals surface area contributed by atoms with Crippen molar-refractivity contribution in [3.05, 3.63) is 71.4 Å². The Kier molecular flexibility index (Phi) is 5.64. The average Bonchev–Trinajstić information content (AvgIpc) is 2.66. The Morgan fingerprint density at radius 3 is 2.25 bits per heavy atom. The smallest absolute Gasteiger partial charge is 0.276 e. The number of hydrogen-bond acceptors (Lipinski definition) is 5. The summed E-state index contributed by atoms with van der Waals surface area (Å²) in [6, 6.07) is 16.2. The topological polar surface area (TPSA) is 96.0 Å². The molecule has 0 radical (unpaired) electrons. The molecule has 3 aromatic rings. The van der Waals surface area contributed by atoms with E-state index in [9.17, 15) is 9.59 Å². The van der Waals surface area contributed by atoms with E-state index >= 15 is 0 Å². The summed E-state index contributed by atoms with van der Waals surface area (Å²) in [5.74, 6) is -0.00931. The van der Waals surface area contributed by atoms with E-state index in [0.717, 1.165) is 11.3 Å². The van der Waals surface area contributed by atoms with Crippen molar-refractivity contribution in [2.45, 2.75) is 20.8 Å². The fourth-order valence-electron chi connectivity index (χ4n) is 2.62. The van der Waals surface area contributed by atoms with Gasteiger partial charge in [-0.1, -0.05) is 18.2 Å². The third-order valence-corrected chi connectivity index (χ3v) is 4.21. The number of rotatable bonds is 5. The van der Waals surface area contributed by atoms with Crippen LogP contribution in [-0.4, -0.2) is 22.0 Å². The summed E-state index contributed by atoms with van der Waals surface area (Å²) in [4.78, 5) is 23.5. The zero-order valence-corrected chi connectivity index (χ0v) is 15.9.